The number of amides is 1. The normalized spacial score (nSPS) is 12.9. The molecule has 0 heterocycles. The van der Waals surface area contributed by atoms with Crippen molar-refractivity contribution in [2.24, 2.45) is 21.4 Å². The summed E-state index contributed by atoms with van der Waals surface area (Å²) < 4.78 is 0. The molecule has 0 aliphatic heterocycles. The molecule has 0 aliphatic rings. The first-order chi connectivity index (χ1) is 9.29. The molecule has 0 fully saturated rings. The van der Waals surface area contributed by atoms with Gasteiger partial charge in [-0.1, -0.05) is 53.6 Å². The van der Waals surface area contributed by atoms with E-state index < -0.39 is 0 Å². The van der Waals surface area contributed by atoms with Crippen molar-refractivity contribution in [2.75, 3.05) is 13.1 Å². The molecule has 1 amide bonds. The molecular formula is C16H30N2O3. The van der Waals surface area contributed by atoms with Crippen molar-refractivity contribution in [3.8, 4) is 0 Å². The molecule has 21 heavy (non-hydrogen) atoms. The van der Waals surface area contributed by atoms with E-state index in [-0.39, 0.29) is 34.5 Å². The number of rotatable bonds is 8. The number of hydrogen-bond acceptors (Lipinski definition) is 4. The number of nitroso groups, excluding NO2 is 1. The standard InChI is InChI=1S/C16H30N2O3/c1-14(2,3)12(19)8-15(4,5)10-16(6,7)11-17-13(20)9-18-21/h8-11H2,1-7H3,(H,17,20). The number of nitrogens with zero attached hydrogens (tertiary/aromatic N) is 1. The number of hydrogen-bond donors (Lipinski definition) is 1. The molecule has 0 aliphatic carbocycles. The second-order valence-electron chi connectivity index (χ2n) is 8.42. The summed E-state index contributed by atoms with van der Waals surface area (Å²) in [4.78, 5) is 33.5. The van der Waals surface area contributed by atoms with Gasteiger partial charge in [0.15, 0.2) is 6.54 Å². The molecule has 122 valence electrons. The summed E-state index contributed by atoms with van der Waals surface area (Å²) in [6.45, 7) is 14.2. The highest BCUT2D eigenvalue weighted by atomic mass is 16.3. The number of ketones is 1. The van der Waals surface area contributed by atoms with Crippen LogP contribution >= 0.6 is 0 Å². The van der Waals surface area contributed by atoms with Crippen LogP contribution < -0.4 is 5.32 Å². The van der Waals surface area contributed by atoms with Crippen LogP contribution in [0.3, 0.4) is 0 Å². The van der Waals surface area contributed by atoms with E-state index in [0.717, 1.165) is 6.42 Å². The van der Waals surface area contributed by atoms with Crippen LogP contribution in [0.2, 0.25) is 0 Å². The zero-order valence-corrected chi connectivity index (χ0v) is 14.5. The number of carbonyl (C=O) groups is 2. The van der Waals surface area contributed by atoms with E-state index in [1.165, 1.54) is 0 Å². The van der Waals surface area contributed by atoms with Crippen LogP contribution in [0.1, 0.15) is 61.3 Å². The third-order valence-corrected chi connectivity index (χ3v) is 3.41. The zero-order chi connectivity index (χ0) is 16.9. The van der Waals surface area contributed by atoms with Gasteiger partial charge in [-0.15, -0.1) is 0 Å². The van der Waals surface area contributed by atoms with Crippen molar-refractivity contribution in [2.45, 2.75) is 61.3 Å². The van der Waals surface area contributed by atoms with Crippen LogP contribution in [0.4, 0.5) is 0 Å². The minimum Gasteiger partial charge on any atom is -0.354 e. The maximum absolute atomic E-state index is 12.2. The van der Waals surface area contributed by atoms with Crippen LogP contribution in [0.25, 0.3) is 0 Å². The Morgan fingerprint density at radius 3 is 1.90 bits per heavy atom. The molecule has 0 bridgehead atoms. The molecule has 0 saturated carbocycles. The number of carbonyl (C=O) groups excluding carboxylic acids is 2. The lowest BCUT2D eigenvalue weighted by Gasteiger charge is -2.36. The first-order valence-electron chi connectivity index (χ1n) is 7.38. The molecule has 0 spiro atoms. The number of Topliss-reactive ketones (excluding diaryl/α,β-unsaturated/α-hetero) is 1. The Labute approximate surface area is 128 Å². The fraction of sp³-hybridized carbons (Fsp3) is 0.875. The van der Waals surface area contributed by atoms with Gasteiger partial charge in [0.25, 0.3) is 0 Å². The largest absolute Gasteiger partial charge is 0.354 e. The van der Waals surface area contributed by atoms with Gasteiger partial charge in [0, 0.05) is 18.4 Å². The van der Waals surface area contributed by atoms with Crippen LogP contribution in [0, 0.1) is 21.2 Å². The minimum absolute atomic E-state index is 0.137. The van der Waals surface area contributed by atoms with Crippen LogP contribution in [-0.4, -0.2) is 24.8 Å². The van der Waals surface area contributed by atoms with Crippen molar-refractivity contribution in [3.63, 3.8) is 0 Å². The van der Waals surface area contributed by atoms with Gasteiger partial charge in [-0.2, -0.15) is 4.91 Å². The van der Waals surface area contributed by atoms with E-state index >= 15 is 0 Å². The Bertz CT molecular complexity index is 393. The Kier molecular flexibility index (Phi) is 6.71. The highest BCUT2D eigenvalue weighted by Gasteiger charge is 2.33. The lowest BCUT2D eigenvalue weighted by molar-refractivity contribution is -0.129. The third kappa shape index (κ3) is 8.58. The molecule has 5 heteroatoms. The summed E-state index contributed by atoms with van der Waals surface area (Å²) in [5.74, 6) is -0.112. The maximum atomic E-state index is 12.2. The Balaban J connectivity index is 4.57. The monoisotopic (exact) mass is 298 g/mol. The van der Waals surface area contributed by atoms with Gasteiger partial charge < -0.3 is 5.32 Å². The lowest BCUT2D eigenvalue weighted by atomic mass is 9.70. The van der Waals surface area contributed by atoms with Gasteiger partial charge in [0.1, 0.15) is 5.78 Å². The predicted molar refractivity (Wildman–Crippen MR) is 84.9 cm³/mol. The molecule has 0 radical (unpaired) electrons. The van der Waals surface area contributed by atoms with E-state index in [4.69, 9.17) is 0 Å². The molecule has 0 atom stereocenters. The van der Waals surface area contributed by atoms with E-state index in [1.807, 2.05) is 34.6 Å². The average Bonchev–Trinajstić information content (AvgIpc) is 2.23. The van der Waals surface area contributed by atoms with Crippen molar-refractivity contribution in [3.05, 3.63) is 4.91 Å². The molecule has 0 rings (SSSR count). The maximum Gasteiger partial charge on any atom is 0.245 e. The summed E-state index contributed by atoms with van der Waals surface area (Å²) in [5, 5.41) is 5.28. The summed E-state index contributed by atoms with van der Waals surface area (Å²) in [7, 11) is 0. The molecule has 5 nitrogen and oxygen atoms in total. The van der Waals surface area contributed by atoms with E-state index in [9.17, 15) is 14.5 Å². The summed E-state index contributed by atoms with van der Waals surface area (Å²) >= 11 is 0. The molecule has 1 N–H and O–H groups in total. The molecular weight excluding hydrogens is 268 g/mol. The molecule has 0 aromatic heterocycles. The smallest absolute Gasteiger partial charge is 0.245 e. The molecule has 0 aromatic carbocycles. The molecule has 0 aromatic rings. The first-order valence-corrected chi connectivity index (χ1v) is 7.38. The Hall–Kier alpha value is -1.26. The fourth-order valence-electron chi connectivity index (χ4n) is 2.57. The third-order valence-electron chi connectivity index (χ3n) is 3.41. The van der Waals surface area contributed by atoms with Crippen LogP contribution in [0.5, 0.6) is 0 Å². The number of nitrogens with one attached hydrogen (secondary N) is 1. The molecule has 0 unspecified atom stereocenters. The van der Waals surface area contributed by atoms with E-state index in [0.29, 0.717) is 13.0 Å². The zero-order valence-electron chi connectivity index (χ0n) is 14.5. The fourth-order valence-corrected chi connectivity index (χ4v) is 2.57. The Morgan fingerprint density at radius 2 is 1.48 bits per heavy atom. The molecule has 0 saturated heterocycles. The van der Waals surface area contributed by atoms with Gasteiger partial charge in [-0.05, 0) is 17.3 Å². The summed E-state index contributed by atoms with van der Waals surface area (Å²) in [6, 6.07) is 0. The second kappa shape index (κ2) is 7.14. The highest BCUT2D eigenvalue weighted by Crippen LogP contribution is 2.37. The van der Waals surface area contributed by atoms with Crippen molar-refractivity contribution in [1.29, 1.82) is 0 Å². The van der Waals surface area contributed by atoms with Gasteiger partial charge in [-0.25, -0.2) is 0 Å². The van der Waals surface area contributed by atoms with Crippen molar-refractivity contribution >= 4 is 11.7 Å². The second-order valence-corrected chi connectivity index (χ2v) is 8.42. The van der Waals surface area contributed by atoms with Gasteiger partial charge in [-0.3, -0.25) is 9.59 Å². The van der Waals surface area contributed by atoms with Crippen molar-refractivity contribution in [1.82, 2.24) is 5.32 Å². The van der Waals surface area contributed by atoms with Gasteiger partial charge in [0.05, 0.1) is 0 Å². The van der Waals surface area contributed by atoms with Crippen molar-refractivity contribution < 1.29 is 9.59 Å². The predicted octanol–water partition coefficient (Wildman–Crippen LogP) is 3.32. The van der Waals surface area contributed by atoms with Crippen LogP contribution in [0.15, 0.2) is 5.18 Å². The highest BCUT2D eigenvalue weighted by molar-refractivity contribution is 5.84. The minimum atomic E-state index is -0.360. The van der Waals surface area contributed by atoms with Gasteiger partial charge in [0.2, 0.25) is 5.91 Å². The SMILES string of the molecule is CC(C)(CNC(=O)CN=O)CC(C)(C)CC(=O)C(C)(C)C. The quantitative estimate of drug-likeness (QED) is 0.698. The first kappa shape index (κ1) is 19.7. The van der Waals surface area contributed by atoms with Gasteiger partial charge >= 0.3 is 0 Å². The summed E-state index contributed by atoms with van der Waals surface area (Å²) in [6.07, 6.45) is 1.32. The summed E-state index contributed by atoms with van der Waals surface area (Å²) in [5.41, 5.74) is -0.618. The van der Waals surface area contributed by atoms with Crippen LogP contribution in [-0.2, 0) is 9.59 Å². The van der Waals surface area contributed by atoms with E-state index in [1.54, 1.807) is 0 Å². The van der Waals surface area contributed by atoms with E-state index in [2.05, 4.69) is 24.3 Å². The lowest BCUT2D eigenvalue weighted by Crippen LogP contribution is -2.38. The average molecular weight is 298 g/mol. The topological polar surface area (TPSA) is 75.6 Å². The Morgan fingerprint density at radius 1 is 0.952 bits per heavy atom.